The van der Waals surface area contributed by atoms with E-state index in [-0.39, 0.29) is 17.3 Å². The highest BCUT2D eigenvalue weighted by atomic mass is 35.5. The third-order valence-electron chi connectivity index (χ3n) is 4.31. The Kier molecular flexibility index (Phi) is 6.90. The van der Waals surface area contributed by atoms with E-state index in [1.54, 1.807) is 30.3 Å². The molecule has 1 amide bonds. The minimum Gasteiger partial charge on any atom is -0.354 e. The monoisotopic (exact) mass is 428 g/mol. The summed E-state index contributed by atoms with van der Waals surface area (Å²) in [6.07, 6.45) is 0.669. The van der Waals surface area contributed by atoms with Gasteiger partial charge in [0.1, 0.15) is 6.54 Å². The predicted molar refractivity (Wildman–Crippen MR) is 116 cm³/mol. The average molecular weight is 429 g/mol. The number of halogens is 1. The molecule has 0 heterocycles. The summed E-state index contributed by atoms with van der Waals surface area (Å²) in [6, 6.07) is 24.2. The van der Waals surface area contributed by atoms with E-state index in [9.17, 15) is 13.2 Å². The van der Waals surface area contributed by atoms with Crippen LogP contribution < -0.4 is 9.62 Å². The number of hydrogen-bond donors (Lipinski definition) is 1. The molecule has 0 aliphatic carbocycles. The van der Waals surface area contributed by atoms with Crippen LogP contribution in [0, 0.1) is 0 Å². The van der Waals surface area contributed by atoms with Gasteiger partial charge in [-0.3, -0.25) is 9.10 Å². The number of carbonyl (C=O) groups excluding carboxylic acids is 1. The smallest absolute Gasteiger partial charge is 0.264 e. The zero-order valence-electron chi connectivity index (χ0n) is 15.7. The van der Waals surface area contributed by atoms with Crippen molar-refractivity contribution in [2.75, 3.05) is 17.4 Å². The fourth-order valence-corrected chi connectivity index (χ4v) is 4.37. The van der Waals surface area contributed by atoms with Gasteiger partial charge < -0.3 is 5.32 Å². The number of benzene rings is 3. The molecule has 0 atom stereocenters. The molecule has 0 aromatic heterocycles. The third kappa shape index (κ3) is 5.59. The Bertz CT molecular complexity index is 1040. The van der Waals surface area contributed by atoms with Crippen molar-refractivity contribution in [1.29, 1.82) is 0 Å². The Balaban J connectivity index is 1.75. The maximum atomic E-state index is 13.2. The summed E-state index contributed by atoms with van der Waals surface area (Å²) in [5.74, 6) is -0.373. The van der Waals surface area contributed by atoms with Gasteiger partial charge in [0.25, 0.3) is 10.0 Å². The van der Waals surface area contributed by atoms with Crippen LogP contribution in [0.25, 0.3) is 0 Å². The molecule has 0 saturated carbocycles. The summed E-state index contributed by atoms with van der Waals surface area (Å²) in [5.41, 5.74) is 1.52. The van der Waals surface area contributed by atoms with Crippen molar-refractivity contribution in [3.63, 3.8) is 0 Å². The van der Waals surface area contributed by atoms with Crippen molar-refractivity contribution in [3.05, 3.63) is 95.5 Å². The van der Waals surface area contributed by atoms with Gasteiger partial charge in [-0.05, 0) is 48.4 Å². The van der Waals surface area contributed by atoms with Crippen molar-refractivity contribution < 1.29 is 13.2 Å². The van der Waals surface area contributed by atoms with Crippen LogP contribution in [-0.2, 0) is 21.2 Å². The summed E-state index contributed by atoms with van der Waals surface area (Å²) in [7, 11) is -3.93. The molecule has 3 rings (SSSR count). The van der Waals surface area contributed by atoms with E-state index < -0.39 is 10.0 Å². The normalized spacial score (nSPS) is 11.1. The van der Waals surface area contributed by atoms with Crippen molar-refractivity contribution in [1.82, 2.24) is 5.32 Å². The summed E-state index contributed by atoms with van der Waals surface area (Å²) in [5, 5.41) is 3.24. The van der Waals surface area contributed by atoms with Crippen LogP contribution in [0.1, 0.15) is 5.56 Å². The second kappa shape index (κ2) is 9.58. The molecule has 3 aromatic rings. The van der Waals surface area contributed by atoms with Gasteiger partial charge in [-0.25, -0.2) is 8.42 Å². The summed E-state index contributed by atoms with van der Waals surface area (Å²) in [6.45, 7) is 0.107. The van der Waals surface area contributed by atoms with Crippen LogP contribution in [0.15, 0.2) is 89.8 Å². The van der Waals surface area contributed by atoms with Crippen molar-refractivity contribution in [3.8, 4) is 0 Å². The van der Waals surface area contributed by atoms with Crippen LogP contribution in [0.5, 0.6) is 0 Å². The number of carbonyl (C=O) groups is 1. The van der Waals surface area contributed by atoms with Gasteiger partial charge in [-0.2, -0.15) is 0 Å². The first-order chi connectivity index (χ1) is 14.0. The Labute approximate surface area is 176 Å². The number of sulfonamides is 1. The lowest BCUT2D eigenvalue weighted by molar-refractivity contribution is -0.119. The molecule has 0 bridgehead atoms. The summed E-state index contributed by atoms with van der Waals surface area (Å²) in [4.78, 5) is 12.6. The number of amides is 1. The molecule has 1 N–H and O–H groups in total. The van der Waals surface area contributed by atoms with E-state index in [0.717, 1.165) is 9.87 Å². The molecule has 0 aliphatic rings. The Morgan fingerprint density at radius 3 is 2.07 bits per heavy atom. The number of hydrogen-bond acceptors (Lipinski definition) is 3. The molecule has 0 aliphatic heterocycles. The SMILES string of the molecule is O=C(CN(c1ccccc1)S(=O)(=O)c1ccc(Cl)cc1)NCCc1ccccc1. The van der Waals surface area contributed by atoms with Crippen LogP contribution >= 0.6 is 11.6 Å². The van der Waals surface area contributed by atoms with E-state index in [2.05, 4.69) is 5.32 Å². The van der Waals surface area contributed by atoms with E-state index in [1.807, 2.05) is 30.3 Å². The zero-order valence-corrected chi connectivity index (χ0v) is 17.2. The quantitative estimate of drug-likeness (QED) is 0.591. The maximum Gasteiger partial charge on any atom is 0.264 e. The fraction of sp³-hybridized carbons (Fsp3) is 0.136. The summed E-state index contributed by atoms with van der Waals surface area (Å²) < 4.78 is 27.5. The molecular weight excluding hydrogens is 408 g/mol. The minimum atomic E-state index is -3.93. The molecule has 150 valence electrons. The van der Waals surface area contributed by atoms with Crippen LogP contribution in [-0.4, -0.2) is 27.4 Å². The number of rotatable bonds is 8. The molecule has 0 saturated heterocycles. The number of nitrogens with zero attached hydrogens (tertiary/aromatic N) is 1. The van der Waals surface area contributed by atoms with Crippen LogP contribution in [0.3, 0.4) is 0 Å². The number of anilines is 1. The van der Waals surface area contributed by atoms with Gasteiger partial charge >= 0.3 is 0 Å². The molecule has 0 fully saturated rings. The van der Waals surface area contributed by atoms with E-state index in [4.69, 9.17) is 11.6 Å². The first-order valence-electron chi connectivity index (χ1n) is 9.11. The fourth-order valence-electron chi connectivity index (χ4n) is 2.82. The third-order valence-corrected chi connectivity index (χ3v) is 6.35. The highest BCUT2D eigenvalue weighted by Gasteiger charge is 2.27. The Hall–Kier alpha value is -2.83. The molecule has 0 spiro atoms. The van der Waals surface area contributed by atoms with Gasteiger partial charge in [0, 0.05) is 11.6 Å². The first-order valence-corrected chi connectivity index (χ1v) is 10.9. The van der Waals surface area contributed by atoms with Gasteiger partial charge in [0.2, 0.25) is 5.91 Å². The molecule has 29 heavy (non-hydrogen) atoms. The minimum absolute atomic E-state index is 0.0721. The molecule has 3 aromatic carbocycles. The molecule has 0 unspecified atom stereocenters. The number of nitrogens with one attached hydrogen (secondary N) is 1. The van der Waals surface area contributed by atoms with Gasteiger partial charge in [0.05, 0.1) is 10.6 Å². The van der Waals surface area contributed by atoms with E-state index in [0.29, 0.717) is 23.7 Å². The highest BCUT2D eigenvalue weighted by molar-refractivity contribution is 7.92. The zero-order chi connectivity index (χ0) is 20.7. The lowest BCUT2D eigenvalue weighted by Crippen LogP contribution is -2.41. The van der Waals surface area contributed by atoms with E-state index >= 15 is 0 Å². The molecule has 7 heteroatoms. The van der Waals surface area contributed by atoms with Gasteiger partial charge in [-0.15, -0.1) is 0 Å². The highest BCUT2D eigenvalue weighted by Crippen LogP contribution is 2.24. The lowest BCUT2D eigenvalue weighted by Gasteiger charge is -2.24. The second-order valence-corrected chi connectivity index (χ2v) is 8.69. The van der Waals surface area contributed by atoms with Crippen LogP contribution in [0.4, 0.5) is 5.69 Å². The Morgan fingerprint density at radius 2 is 1.45 bits per heavy atom. The average Bonchev–Trinajstić information content (AvgIpc) is 2.73. The second-order valence-electron chi connectivity index (χ2n) is 6.39. The number of para-hydroxylation sites is 1. The maximum absolute atomic E-state index is 13.2. The largest absolute Gasteiger partial charge is 0.354 e. The first kappa shape index (κ1) is 20.9. The van der Waals surface area contributed by atoms with Crippen molar-refractivity contribution in [2.45, 2.75) is 11.3 Å². The molecule has 5 nitrogen and oxygen atoms in total. The van der Waals surface area contributed by atoms with E-state index in [1.165, 1.54) is 24.3 Å². The van der Waals surface area contributed by atoms with Gasteiger partial charge in [-0.1, -0.05) is 60.1 Å². The molecule has 0 radical (unpaired) electrons. The van der Waals surface area contributed by atoms with Gasteiger partial charge in [0.15, 0.2) is 0 Å². The van der Waals surface area contributed by atoms with Crippen LogP contribution in [0.2, 0.25) is 5.02 Å². The topological polar surface area (TPSA) is 66.5 Å². The molecular formula is C22H21ClN2O3S. The predicted octanol–water partition coefficient (Wildman–Crippen LogP) is 3.89. The Morgan fingerprint density at radius 1 is 0.862 bits per heavy atom. The lowest BCUT2D eigenvalue weighted by atomic mass is 10.1. The van der Waals surface area contributed by atoms with Crippen molar-refractivity contribution >= 4 is 33.2 Å². The summed E-state index contributed by atoms with van der Waals surface area (Å²) >= 11 is 5.88. The standard InChI is InChI=1S/C22H21ClN2O3S/c23-19-11-13-21(14-12-19)29(27,28)25(20-9-5-2-6-10-20)17-22(26)24-16-15-18-7-3-1-4-8-18/h1-14H,15-17H2,(H,24,26). The van der Waals surface area contributed by atoms with Crippen molar-refractivity contribution in [2.24, 2.45) is 0 Å².